The third-order valence-corrected chi connectivity index (χ3v) is 3.65. The molecule has 1 fully saturated rings. The van der Waals surface area contributed by atoms with Crippen molar-refractivity contribution in [2.75, 3.05) is 6.61 Å². The quantitative estimate of drug-likeness (QED) is 0.867. The Balaban J connectivity index is 1.67. The highest BCUT2D eigenvalue weighted by molar-refractivity contribution is 5.13. The van der Waals surface area contributed by atoms with Crippen molar-refractivity contribution in [1.29, 1.82) is 0 Å². The molecule has 0 amide bonds. The van der Waals surface area contributed by atoms with Crippen LogP contribution in [-0.4, -0.2) is 17.3 Å². The van der Waals surface area contributed by atoms with Crippen LogP contribution in [0.2, 0.25) is 0 Å². The van der Waals surface area contributed by atoms with E-state index in [-0.39, 0.29) is 0 Å². The van der Waals surface area contributed by atoms with Gasteiger partial charge in [0.25, 0.3) is 0 Å². The van der Waals surface area contributed by atoms with Crippen molar-refractivity contribution in [2.45, 2.75) is 44.8 Å². The van der Waals surface area contributed by atoms with E-state index in [9.17, 15) is 5.11 Å². The second-order valence-electron chi connectivity index (χ2n) is 5.44. The van der Waals surface area contributed by atoms with E-state index in [2.05, 4.69) is 12.1 Å². The summed E-state index contributed by atoms with van der Waals surface area (Å²) in [4.78, 5) is 0. The highest BCUT2D eigenvalue weighted by Crippen LogP contribution is 2.31. The third kappa shape index (κ3) is 4.14. The Bertz CT molecular complexity index is 322. The van der Waals surface area contributed by atoms with E-state index in [0.29, 0.717) is 12.5 Å². The predicted molar refractivity (Wildman–Crippen MR) is 68.7 cm³/mol. The van der Waals surface area contributed by atoms with E-state index in [1.54, 1.807) is 0 Å². The van der Waals surface area contributed by atoms with Crippen molar-refractivity contribution in [3.8, 4) is 0 Å². The maximum atomic E-state index is 9.85. The van der Waals surface area contributed by atoms with E-state index in [1.807, 2.05) is 25.1 Å². The summed E-state index contributed by atoms with van der Waals surface area (Å²) in [5, 5.41) is 9.85. The smallest absolute Gasteiger partial charge is 0.0717 e. The molecule has 1 aliphatic rings. The Labute approximate surface area is 104 Å². The average Bonchev–Trinajstić information content (AvgIpc) is 2.33. The summed E-state index contributed by atoms with van der Waals surface area (Å²) in [7, 11) is 0. The van der Waals surface area contributed by atoms with Crippen LogP contribution in [0.5, 0.6) is 0 Å². The first-order valence-electron chi connectivity index (χ1n) is 6.50. The van der Waals surface area contributed by atoms with Crippen LogP contribution in [0, 0.1) is 5.92 Å². The van der Waals surface area contributed by atoms with Gasteiger partial charge < -0.3 is 9.84 Å². The van der Waals surface area contributed by atoms with Crippen LogP contribution in [0.4, 0.5) is 0 Å². The molecule has 2 nitrogen and oxygen atoms in total. The highest BCUT2D eigenvalue weighted by atomic mass is 16.5. The number of rotatable bonds is 4. The van der Waals surface area contributed by atoms with Crippen molar-refractivity contribution >= 4 is 0 Å². The molecule has 0 unspecified atom stereocenters. The lowest BCUT2D eigenvalue weighted by atomic mass is 9.80. The molecule has 94 valence electrons. The van der Waals surface area contributed by atoms with Crippen LogP contribution in [0.1, 0.15) is 38.2 Å². The zero-order chi connectivity index (χ0) is 12.1. The number of hydrogen-bond donors (Lipinski definition) is 1. The Morgan fingerprint density at radius 1 is 1.24 bits per heavy atom. The fourth-order valence-electron chi connectivity index (χ4n) is 2.38. The predicted octanol–water partition coefficient (Wildman–Crippen LogP) is 3.14. The highest BCUT2D eigenvalue weighted by Gasteiger charge is 2.28. The maximum Gasteiger partial charge on any atom is 0.0717 e. The molecule has 2 rings (SSSR count). The molecule has 0 bridgehead atoms. The molecule has 2 heteroatoms. The van der Waals surface area contributed by atoms with E-state index in [0.717, 1.165) is 32.3 Å². The molecule has 0 atom stereocenters. The van der Waals surface area contributed by atoms with Crippen LogP contribution in [0.15, 0.2) is 30.3 Å². The largest absolute Gasteiger partial charge is 0.390 e. The summed E-state index contributed by atoms with van der Waals surface area (Å²) in [6, 6.07) is 10.3. The fraction of sp³-hybridized carbons (Fsp3) is 0.600. The summed E-state index contributed by atoms with van der Waals surface area (Å²) < 4.78 is 5.75. The van der Waals surface area contributed by atoms with Gasteiger partial charge in [-0.3, -0.25) is 0 Å². The molecule has 1 aliphatic carbocycles. The summed E-state index contributed by atoms with van der Waals surface area (Å²) in [5.41, 5.74) is 0.797. The Hall–Kier alpha value is -0.860. The third-order valence-electron chi connectivity index (χ3n) is 3.65. The van der Waals surface area contributed by atoms with Crippen LogP contribution in [-0.2, 0) is 11.3 Å². The molecule has 0 aromatic heterocycles. The van der Waals surface area contributed by atoms with Gasteiger partial charge in [0, 0.05) is 6.61 Å². The minimum atomic E-state index is -0.435. The maximum absolute atomic E-state index is 9.85. The molecular formula is C15H22O2. The molecule has 0 radical (unpaired) electrons. The zero-order valence-electron chi connectivity index (χ0n) is 10.6. The van der Waals surface area contributed by atoms with E-state index in [1.165, 1.54) is 5.56 Å². The first-order valence-corrected chi connectivity index (χ1v) is 6.50. The van der Waals surface area contributed by atoms with E-state index in [4.69, 9.17) is 4.74 Å². The average molecular weight is 234 g/mol. The van der Waals surface area contributed by atoms with Gasteiger partial charge in [0.1, 0.15) is 0 Å². The molecule has 1 aromatic rings. The van der Waals surface area contributed by atoms with Gasteiger partial charge >= 0.3 is 0 Å². The van der Waals surface area contributed by atoms with Crippen LogP contribution in [0.3, 0.4) is 0 Å². The lowest BCUT2D eigenvalue weighted by molar-refractivity contribution is -0.0123. The van der Waals surface area contributed by atoms with Gasteiger partial charge in [0.05, 0.1) is 12.2 Å². The van der Waals surface area contributed by atoms with Gasteiger partial charge in [-0.05, 0) is 44.1 Å². The minimum Gasteiger partial charge on any atom is -0.390 e. The van der Waals surface area contributed by atoms with Gasteiger partial charge in [0.15, 0.2) is 0 Å². The number of aliphatic hydroxyl groups is 1. The molecule has 1 N–H and O–H groups in total. The summed E-state index contributed by atoms with van der Waals surface area (Å²) in [6.45, 7) is 3.47. The summed E-state index contributed by atoms with van der Waals surface area (Å²) >= 11 is 0. The van der Waals surface area contributed by atoms with Gasteiger partial charge in [-0.25, -0.2) is 0 Å². The van der Waals surface area contributed by atoms with Crippen LogP contribution >= 0.6 is 0 Å². The van der Waals surface area contributed by atoms with Crippen molar-refractivity contribution in [3.05, 3.63) is 35.9 Å². The molecule has 0 heterocycles. The van der Waals surface area contributed by atoms with Crippen molar-refractivity contribution in [3.63, 3.8) is 0 Å². The Kier molecular flexibility index (Phi) is 4.19. The standard InChI is InChI=1S/C15H22O2/c1-15(16)9-7-14(8-10-15)12-17-11-13-5-3-2-4-6-13/h2-6,14,16H,7-12H2,1H3. The molecule has 1 aromatic carbocycles. The van der Waals surface area contributed by atoms with Crippen molar-refractivity contribution < 1.29 is 9.84 Å². The van der Waals surface area contributed by atoms with Crippen molar-refractivity contribution in [1.82, 2.24) is 0 Å². The summed E-state index contributed by atoms with van der Waals surface area (Å²) in [5.74, 6) is 0.624. The molecule has 0 spiro atoms. The molecule has 17 heavy (non-hydrogen) atoms. The van der Waals surface area contributed by atoms with Gasteiger partial charge in [-0.15, -0.1) is 0 Å². The lowest BCUT2D eigenvalue weighted by Crippen LogP contribution is -2.31. The molecule has 1 saturated carbocycles. The van der Waals surface area contributed by atoms with Gasteiger partial charge in [-0.2, -0.15) is 0 Å². The van der Waals surface area contributed by atoms with Crippen molar-refractivity contribution in [2.24, 2.45) is 5.92 Å². The zero-order valence-corrected chi connectivity index (χ0v) is 10.6. The number of hydrogen-bond acceptors (Lipinski definition) is 2. The lowest BCUT2D eigenvalue weighted by Gasteiger charge is -2.32. The number of benzene rings is 1. The van der Waals surface area contributed by atoms with Crippen LogP contribution in [0.25, 0.3) is 0 Å². The normalized spacial score (nSPS) is 29.2. The van der Waals surface area contributed by atoms with E-state index < -0.39 is 5.60 Å². The first-order chi connectivity index (χ1) is 8.16. The SMILES string of the molecule is CC1(O)CCC(COCc2ccccc2)CC1. The fourth-order valence-corrected chi connectivity index (χ4v) is 2.38. The van der Waals surface area contributed by atoms with Gasteiger partial charge in [-0.1, -0.05) is 30.3 Å². The Morgan fingerprint density at radius 3 is 2.53 bits per heavy atom. The second-order valence-corrected chi connectivity index (χ2v) is 5.44. The molecular weight excluding hydrogens is 212 g/mol. The topological polar surface area (TPSA) is 29.5 Å². The molecule has 0 saturated heterocycles. The Morgan fingerprint density at radius 2 is 1.88 bits per heavy atom. The number of ether oxygens (including phenoxy) is 1. The first kappa shape index (κ1) is 12.6. The van der Waals surface area contributed by atoms with Crippen LogP contribution < -0.4 is 0 Å². The van der Waals surface area contributed by atoms with Gasteiger partial charge in [0.2, 0.25) is 0 Å². The second kappa shape index (κ2) is 5.65. The monoisotopic (exact) mass is 234 g/mol. The minimum absolute atomic E-state index is 0.435. The summed E-state index contributed by atoms with van der Waals surface area (Å²) in [6.07, 6.45) is 3.99. The van der Waals surface area contributed by atoms with E-state index >= 15 is 0 Å². The molecule has 0 aliphatic heterocycles.